The molecule has 0 amide bonds. The van der Waals surface area contributed by atoms with Gasteiger partial charge in [0, 0.05) is 5.56 Å². The van der Waals surface area contributed by atoms with Gasteiger partial charge in [-0.25, -0.2) is 4.39 Å². The minimum absolute atomic E-state index is 0.0524. The number of hydrogen-bond acceptors (Lipinski definition) is 5. The fraction of sp³-hybridized carbons (Fsp3) is 0.368. The van der Waals surface area contributed by atoms with Crippen molar-refractivity contribution in [1.29, 1.82) is 0 Å². The number of ether oxygens (including phenoxy) is 2. The maximum absolute atomic E-state index is 13.7. The average Bonchev–Trinajstić information content (AvgIpc) is 2.58. The molecule has 2 aromatic carbocycles. The van der Waals surface area contributed by atoms with Crippen molar-refractivity contribution in [3.05, 3.63) is 65.5 Å². The van der Waals surface area contributed by atoms with Crippen molar-refractivity contribution in [2.24, 2.45) is 0 Å². The first-order chi connectivity index (χ1) is 12.1. The van der Waals surface area contributed by atoms with E-state index < -0.39 is 15.7 Å². The van der Waals surface area contributed by atoms with Crippen LogP contribution in [0.25, 0.3) is 0 Å². The van der Waals surface area contributed by atoms with Gasteiger partial charge in [-0.05, 0) is 37.6 Å². The summed E-state index contributed by atoms with van der Waals surface area (Å²) in [7, 11) is -3.50. The molecule has 0 heterocycles. The van der Waals surface area contributed by atoms with Crippen LogP contribution in [0.4, 0.5) is 4.39 Å². The Labute approximate surface area is 153 Å². The van der Waals surface area contributed by atoms with Gasteiger partial charge >= 0.3 is 0 Å². The van der Waals surface area contributed by atoms with E-state index in [9.17, 15) is 12.8 Å². The lowest BCUT2D eigenvalue weighted by molar-refractivity contribution is -0.0578. The van der Waals surface area contributed by atoms with Crippen molar-refractivity contribution in [3.63, 3.8) is 0 Å². The van der Waals surface area contributed by atoms with Crippen LogP contribution in [0.1, 0.15) is 25.0 Å². The Morgan fingerprint density at radius 1 is 1.04 bits per heavy atom. The molecule has 0 unspecified atom stereocenters. The Kier molecular flexibility index (Phi) is 6.75. The summed E-state index contributed by atoms with van der Waals surface area (Å²) in [6.07, 6.45) is 1.00. The fourth-order valence-electron chi connectivity index (χ4n) is 2.09. The second kappa shape index (κ2) is 8.62. The van der Waals surface area contributed by atoms with E-state index in [0.29, 0.717) is 16.9 Å². The van der Waals surface area contributed by atoms with Crippen molar-refractivity contribution in [3.8, 4) is 5.75 Å². The molecule has 26 heavy (non-hydrogen) atoms. The van der Waals surface area contributed by atoms with Gasteiger partial charge in [0.05, 0.1) is 25.1 Å². The fourth-order valence-corrected chi connectivity index (χ4v) is 2.44. The van der Waals surface area contributed by atoms with E-state index in [1.807, 2.05) is 13.8 Å². The highest BCUT2D eigenvalue weighted by atomic mass is 32.2. The smallest absolute Gasteiger partial charge is 0.264 e. The van der Waals surface area contributed by atoms with E-state index in [4.69, 9.17) is 13.7 Å². The molecule has 0 atom stereocenters. The van der Waals surface area contributed by atoms with Crippen LogP contribution in [0, 0.1) is 5.82 Å². The molecule has 0 saturated carbocycles. The highest BCUT2D eigenvalue weighted by molar-refractivity contribution is 7.85. The van der Waals surface area contributed by atoms with Crippen molar-refractivity contribution in [1.82, 2.24) is 0 Å². The third-order valence-corrected chi connectivity index (χ3v) is 4.05. The lowest BCUT2D eigenvalue weighted by Gasteiger charge is -2.25. The van der Waals surface area contributed by atoms with Crippen LogP contribution in [0.2, 0.25) is 0 Å². The van der Waals surface area contributed by atoms with E-state index in [0.717, 1.165) is 6.26 Å². The first-order valence-corrected chi connectivity index (χ1v) is 9.90. The molecule has 0 aliphatic rings. The Balaban J connectivity index is 1.89. The number of rotatable bonds is 9. The van der Waals surface area contributed by atoms with E-state index >= 15 is 0 Å². The van der Waals surface area contributed by atoms with Crippen LogP contribution in [0.5, 0.6) is 5.75 Å². The van der Waals surface area contributed by atoms with Gasteiger partial charge in [0.25, 0.3) is 10.1 Å². The van der Waals surface area contributed by atoms with Crippen molar-refractivity contribution >= 4 is 10.1 Å². The van der Waals surface area contributed by atoms with E-state index in [2.05, 4.69) is 0 Å². The van der Waals surface area contributed by atoms with Gasteiger partial charge in [-0.1, -0.05) is 30.3 Å². The molecule has 0 radical (unpaired) electrons. The van der Waals surface area contributed by atoms with Crippen LogP contribution in [-0.2, 0) is 32.3 Å². The number of halogens is 1. The molecule has 5 nitrogen and oxygen atoms in total. The first-order valence-electron chi connectivity index (χ1n) is 8.08. The lowest BCUT2D eigenvalue weighted by Crippen LogP contribution is -2.32. The van der Waals surface area contributed by atoms with Gasteiger partial charge in [-0.15, -0.1) is 0 Å². The topological polar surface area (TPSA) is 61.8 Å². The van der Waals surface area contributed by atoms with E-state index in [1.165, 1.54) is 6.07 Å². The van der Waals surface area contributed by atoms with Crippen molar-refractivity contribution in [2.45, 2.75) is 32.7 Å². The van der Waals surface area contributed by atoms with Crippen LogP contribution in [-0.4, -0.2) is 26.9 Å². The van der Waals surface area contributed by atoms with Crippen molar-refractivity contribution in [2.75, 3.05) is 12.9 Å². The lowest BCUT2D eigenvalue weighted by atomic mass is 10.1. The molecule has 0 aliphatic heterocycles. The summed E-state index contributed by atoms with van der Waals surface area (Å²) in [4.78, 5) is 0. The largest absolute Gasteiger partial charge is 0.491 e. The first kappa shape index (κ1) is 20.4. The minimum atomic E-state index is -3.50. The maximum atomic E-state index is 13.7. The van der Waals surface area contributed by atoms with Gasteiger partial charge in [0.15, 0.2) is 0 Å². The summed E-state index contributed by atoms with van der Waals surface area (Å²) in [5.41, 5.74) is 0.528. The zero-order valence-electron chi connectivity index (χ0n) is 15.1. The van der Waals surface area contributed by atoms with Crippen LogP contribution < -0.4 is 4.74 Å². The van der Waals surface area contributed by atoms with E-state index in [-0.39, 0.29) is 25.6 Å². The summed E-state index contributed by atoms with van der Waals surface area (Å²) < 4.78 is 52.1. The minimum Gasteiger partial charge on any atom is -0.491 e. The molecule has 2 aromatic rings. The molecule has 2 rings (SSSR count). The molecule has 7 heteroatoms. The second-order valence-corrected chi connectivity index (χ2v) is 8.19. The zero-order chi connectivity index (χ0) is 19.2. The monoisotopic (exact) mass is 382 g/mol. The molecule has 0 aliphatic carbocycles. The third kappa shape index (κ3) is 7.11. The van der Waals surface area contributed by atoms with Crippen LogP contribution in [0.15, 0.2) is 48.5 Å². The van der Waals surface area contributed by atoms with Crippen molar-refractivity contribution < 1.29 is 26.5 Å². The summed E-state index contributed by atoms with van der Waals surface area (Å²) in [5.74, 6) is 0.268. The summed E-state index contributed by atoms with van der Waals surface area (Å²) in [6, 6.07) is 13.4. The Hall–Kier alpha value is -1.96. The summed E-state index contributed by atoms with van der Waals surface area (Å²) in [6.45, 7) is 4.04. The molecular formula is C19H23FO5S. The van der Waals surface area contributed by atoms with Crippen LogP contribution in [0.3, 0.4) is 0 Å². The Morgan fingerprint density at radius 3 is 2.46 bits per heavy atom. The van der Waals surface area contributed by atoms with Gasteiger partial charge in [0.1, 0.15) is 18.2 Å². The molecule has 142 valence electrons. The third-order valence-electron chi connectivity index (χ3n) is 3.50. The number of hydrogen-bond donors (Lipinski definition) is 0. The van der Waals surface area contributed by atoms with Gasteiger partial charge in [-0.3, -0.25) is 4.18 Å². The molecule has 0 saturated heterocycles. The standard InChI is InChI=1S/C19H23FO5S/c1-19(2,24-13-16-8-4-5-10-18(16)20)14-23-17-9-6-7-15(11-17)12-25-26(3,21)22/h4-11H,12-14H2,1-3H3. The molecule has 0 N–H and O–H groups in total. The summed E-state index contributed by atoms with van der Waals surface area (Å²) >= 11 is 0. The highest BCUT2D eigenvalue weighted by Crippen LogP contribution is 2.19. The zero-order valence-corrected chi connectivity index (χ0v) is 15.9. The highest BCUT2D eigenvalue weighted by Gasteiger charge is 2.20. The average molecular weight is 382 g/mol. The Bertz CT molecular complexity index is 833. The molecule has 0 aromatic heterocycles. The number of benzene rings is 2. The molecular weight excluding hydrogens is 359 g/mol. The van der Waals surface area contributed by atoms with Gasteiger partial charge in [0.2, 0.25) is 0 Å². The normalized spacial score (nSPS) is 12.2. The predicted octanol–water partition coefficient (Wildman–Crippen LogP) is 3.68. The molecule has 0 fully saturated rings. The molecule has 0 bridgehead atoms. The van der Waals surface area contributed by atoms with Gasteiger partial charge < -0.3 is 9.47 Å². The van der Waals surface area contributed by atoms with E-state index in [1.54, 1.807) is 42.5 Å². The second-order valence-electron chi connectivity index (χ2n) is 6.54. The quantitative estimate of drug-likeness (QED) is 0.619. The summed E-state index contributed by atoms with van der Waals surface area (Å²) in [5, 5.41) is 0. The molecule has 0 spiro atoms. The Morgan fingerprint density at radius 2 is 1.77 bits per heavy atom. The van der Waals surface area contributed by atoms with Crippen LogP contribution >= 0.6 is 0 Å². The maximum Gasteiger partial charge on any atom is 0.264 e. The predicted molar refractivity (Wildman–Crippen MR) is 96.8 cm³/mol. The SMILES string of the molecule is CC(C)(COc1cccc(COS(C)(=O)=O)c1)OCc1ccccc1F. The van der Waals surface area contributed by atoms with Gasteiger partial charge in [-0.2, -0.15) is 8.42 Å².